The van der Waals surface area contributed by atoms with Crippen molar-refractivity contribution < 1.29 is 9.59 Å². The van der Waals surface area contributed by atoms with E-state index in [2.05, 4.69) is 21.7 Å². The average molecular weight is 348 g/mol. The highest BCUT2D eigenvalue weighted by molar-refractivity contribution is 6.13. The number of carbonyl (C=O) groups is 2. The summed E-state index contributed by atoms with van der Waals surface area (Å²) < 4.78 is 0. The van der Waals surface area contributed by atoms with Crippen LogP contribution in [0.1, 0.15) is 17.5 Å². The lowest BCUT2D eigenvalue weighted by Gasteiger charge is -2.18. The predicted octanol–water partition coefficient (Wildman–Crippen LogP) is 2.24. The molecule has 0 aromatic heterocycles. The molecule has 0 saturated carbocycles. The normalized spacial score (nSPS) is 18.3. The molecule has 26 heavy (non-hydrogen) atoms. The number of fused-ring (bicyclic) bond motifs is 1. The Hall–Kier alpha value is -3.15. The lowest BCUT2D eigenvalue weighted by molar-refractivity contribution is -0.123. The zero-order valence-corrected chi connectivity index (χ0v) is 14.5. The van der Waals surface area contributed by atoms with E-state index in [1.165, 1.54) is 5.56 Å². The zero-order chi connectivity index (χ0) is 18.1. The Labute approximate surface area is 151 Å². The molecule has 2 aromatic rings. The van der Waals surface area contributed by atoms with E-state index in [0.717, 1.165) is 29.9 Å². The van der Waals surface area contributed by atoms with Gasteiger partial charge >= 0.3 is 0 Å². The van der Waals surface area contributed by atoms with E-state index in [9.17, 15) is 9.59 Å². The number of aliphatic imine (C=N–C) groups is 1. The molecule has 0 radical (unpaired) electrons. The standard InChI is InChI=1S/C20H20N4O2/c1-13-6-8-15(9-7-13)21-18(25)12-16-19(26)23-20(22-16)24-11-10-14-4-2-3-5-17(14)24/h2-9,16H,10-12H2,1H3,(H,21,25)(H,22,23,26). The topological polar surface area (TPSA) is 73.8 Å². The van der Waals surface area contributed by atoms with E-state index < -0.39 is 6.04 Å². The second-order valence-electron chi connectivity index (χ2n) is 6.61. The summed E-state index contributed by atoms with van der Waals surface area (Å²) >= 11 is 0. The number of carbonyl (C=O) groups excluding carboxylic acids is 2. The molecular formula is C20H20N4O2. The molecule has 2 aliphatic heterocycles. The molecule has 1 unspecified atom stereocenters. The Bertz CT molecular complexity index is 889. The van der Waals surface area contributed by atoms with Crippen molar-refractivity contribution in [3.63, 3.8) is 0 Å². The van der Waals surface area contributed by atoms with Gasteiger partial charge < -0.3 is 10.2 Å². The quantitative estimate of drug-likeness (QED) is 0.893. The summed E-state index contributed by atoms with van der Waals surface area (Å²) in [6.45, 7) is 2.77. The van der Waals surface area contributed by atoms with Crippen LogP contribution in [0.3, 0.4) is 0 Å². The third-order valence-corrected chi connectivity index (χ3v) is 4.67. The first-order valence-electron chi connectivity index (χ1n) is 8.71. The van der Waals surface area contributed by atoms with Gasteiger partial charge in [-0.3, -0.25) is 14.9 Å². The van der Waals surface area contributed by atoms with Gasteiger partial charge in [0.05, 0.1) is 6.42 Å². The monoisotopic (exact) mass is 348 g/mol. The summed E-state index contributed by atoms with van der Waals surface area (Å²) in [7, 11) is 0. The molecule has 0 aliphatic carbocycles. The van der Waals surface area contributed by atoms with E-state index >= 15 is 0 Å². The molecule has 1 atom stereocenters. The van der Waals surface area contributed by atoms with Crippen molar-refractivity contribution >= 4 is 29.1 Å². The fraction of sp³-hybridized carbons (Fsp3) is 0.250. The van der Waals surface area contributed by atoms with Gasteiger partial charge in [0.15, 0.2) is 0 Å². The minimum atomic E-state index is -0.691. The van der Waals surface area contributed by atoms with E-state index in [1.807, 2.05) is 54.3 Å². The van der Waals surface area contributed by atoms with Crippen LogP contribution in [0.4, 0.5) is 11.4 Å². The Kier molecular flexibility index (Phi) is 4.16. The molecule has 0 bridgehead atoms. The molecule has 6 heteroatoms. The van der Waals surface area contributed by atoms with Crippen LogP contribution in [0.25, 0.3) is 0 Å². The van der Waals surface area contributed by atoms with Gasteiger partial charge in [-0.25, -0.2) is 4.99 Å². The first-order chi connectivity index (χ1) is 12.6. The number of hydrogen-bond acceptors (Lipinski definition) is 4. The molecule has 132 valence electrons. The van der Waals surface area contributed by atoms with Crippen molar-refractivity contribution in [1.29, 1.82) is 0 Å². The fourth-order valence-electron chi connectivity index (χ4n) is 3.29. The minimum Gasteiger partial charge on any atom is -0.326 e. The highest BCUT2D eigenvalue weighted by Gasteiger charge is 2.33. The molecule has 2 N–H and O–H groups in total. The van der Waals surface area contributed by atoms with Crippen LogP contribution < -0.4 is 15.5 Å². The molecule has 2 amide bonds. The SMILES string of the molecule is Cc1ccc(NC(=O)CC2N=C(N3CCc4ccccc43)NC2=O)cc1. The van der Waals surface area contributed by atoms with Crippen LogP contribution >= 0.6 is 0 Å². The summed E-state index contributed by atoms with van der Waals surface area (Å²) in [6.07, 6.45) is 0.947. The predicted molar refractivity (Wildman–Crippen MR) is 101 cm³/mol. The largest absolute Gasteiger partial charge is 0.326 e. The summed E-state index contributed by atoms with van der Waals surface area (Å²) in [5.41, 5.74) is 4.15. The number of nitrogens with one attached hydrogen (secondary N) is 2. The van der Waals surface area contributed by atoms with Crippen molar-refractivity contribution in [3.05, 3.63) is 59.7 Å². The van der Waals surface area contributed by atoms with Crippen LogP contribution in [-0.2, 0) is 16.0 Å². The van der Waals surface area contributed by atoms with Crippen molar-refractivity contribution in [2.24, 2.45) is 4.99 Å². The molecule has 0 fully saturated rings. The molecule has 0 saturated heterocycles. The Morgan fingerprint density at radius 3 is 2.81 bits per heavy atom. The van der Waals surface area contributed by atoms with Gasteiger partial charge in [-0.1, -0.05) is 35.9 Å². The summed E-state index contributed by atoms with van der Waals surface area (Å²) in [4.78, 5) is 31.0. The Morgan fingerprint density at radius 2 is 2.00 bits per heavy atom. The number of amides is 2. The third kappa shape index (κ3) is 3.18. The van der Waals surface area contributed by atoms with Crippen LogP contribution in [0, 0.1) is 6.92 Å². The first-order valence-corrected chi connectivity index (χ1v) is 8.71. The van der Waals surface area contributed by atoms with Crippen molar-refractivity contribution in [3.8, 4) is 0 Å². The number of para-hydroxylation sites is 1. The summed E-state index contributed by atoms with van der Waals surface area (Å²) in [6, 6.07) is 14.9. The van der Waals surface area contributed by atoms with Crippen LogP contribution in [0.2, 0.25) is 0 Å². The van der Waals surface area contributed by atoms with Gasteiger partial charge in [-0.2, -0.15) is 0 Å². The van der Waals surface area contributed by atoms with Crippen LogP contribution in [-0.4, -0.2) is 30.4 Å². The second-order valence-corrected chi connectivity index (χ2v) is 6.61. The summed E-state index contributed by atoms with van der Waals surface area (Å²) in [5, 5.41) is 5.64. The number of guanidine groups is 1. The number of rotatable bonds is 3. The smallest absolute Gasteiger partial charge is 0.252 e. The second kappa shape index (κ2) is 6.63. The molecular weight excluding hydrogens is 328 g/mol. The maximum atomic E-state index is 12.3. The lowest BCUT2D eigenvalue weighted by Crippen LogP contribution is -2.40. The molecule has 0 spiro atoms. The van der Waals surface area contributed by atoms with Gasteiger partial charge in [0.2, 0.25) is 11.9 Å². The highest BCUT2D eigenvalue weighted by Crippen LogP contribution is 2.28. The Morgan fingerprint density at radius 1 is 1.23 bits per heavy atom. The van der Waals surface area contributed by atoms with Crippen molar-refractivity contribution in [2.45, 2.75) is 25.8 Å². The highest BCUT2D eigenvalue weighted by atomic mass is 16.2. The molecule has 2 aromatic carbocycles. The average Bonchev–Trinajstić information content (AvgIpc) is 3.21. The molecule has 2 aliphatic rings. The van der Waals surface area contributed by atoms with Gasteiger partial charge in [0.1, 0.15) is 6.04 Å². The van der Waals surface area contributed by atoms with Gasteiger partial charge in [0, 0.05) is 17.9 Å². The molecule has 2 heterocycles. The minimum absolute atomic E-state index is 0.0265. The van der Waals surface area contributed by atoms with Crippen LogP contribution in [0.5, 0.6) is 0 Å². The van der Waals surface area contributed by atoms with E-state index in [0.29, 0.717) is 5.96 Å². The fourth-order valence-corrected chi connectivity index (χ4v) is 3.29. The lowest BCUT2D eigenvalue weighted by atomic mass is 10.2. The van der Waals surface area contributed by atoms with E-state index in [1.54, 1.807) is 0 Å². The number of benzene rings is 2. The van der Waals surface area contributed by atoms with E-state index in [-0.39, 0.29) is 18.2 Å². The number of aryl methyl sites for hydroxylation is 1. The van der Waals surface area contributed by atoms with Crippen molar-refractivity contribution in [1.82, 2.24) is 5.32 Å². The number of hydrogen-bond donors (Lipinski definition) is 2. The van der Waals surface area contributed by atoms with Crippen LogP contribution in [0.15, 0.2) is 53.5 Å². The van der Waals surface area contributed by atoms with Gasteiger partial charge in [-0.15, -0.1) is 0 Å². The third-order valence-electron chi connectivity index (χ3n) is 4.67. The van der Waals surface area contributed by atoms with Gasteiger partial charge in [0.25, 0.3) is 5.91 Å². The van der Waals surface area contributed by atoms with E-state index in [4.69, 9.17) is 0 Å². The molecule has 4 rings (SSSR count). The summed E-state index contributed by atoms with van der Waals surface area (Å²) in [5.74, 6) is 0.0809. The maximum absolute atomic E-state index is 12.3. The first kappa shape index (κ1) is 16.3. The number of nitrogens with zero attached hydrogens (tertiary/aromatic N) is 2. The van der Waals surface area contributed by atoms with Crippen molar-refractivity contribution in [2.75, 3.05) is 16.8 Å². The zero-order valence-electron chi connectivity index (χ0n) is 14.5. The van der Waals surface area contributed by atoms with Gasteiger partial charge in [-0.05, 0) is 37.1 Å². The Balaban J connectivity index is 1.44. The number of anilines is 2. The molecule has 6 nitrogen and oxygen atoms in total. The maximum Gasteiger partial charge on any atom is 0.252 e.